The zero-order valence-electron chi connectivity index (χ0n) is 14.7. The molecule has 8 nitrogen and oxygen atoms in total. The molecule has 3 rings (SSSR count). The zero-order chi connectivity index (χ0) is 18.6. The first kappa shape index (κ1) is 18.4. The molecule has 0 spiro atoms. The molecule has 1 aliphatic heterocycles. The monoisotopic (exact) mass is 379 g/mol. The molecule has 1 atom stereocenters. The smallest absolute Gasteiger partial charge is 0.316 e. The normalized spacial score (nSPS) is 18.3. The van der Waals surface area contributed by atoms with Crippen molar-refractivity contribution in [3.05, 3.63) is 36.7 Å². The van der Waals surface area contributed by atoms with Gasteiger partial charge in [-0.3, -0.25) is 0 Å². The highest BCUT2D eigenvalue weighted by Crippen LogP contribution is 2.31. The van der Waals surface area contributed by atoms with E-state index < -0.39 is 10.0 Å². The standard InChI is InChI=1S/C17H21N3O5S/c1-23-15-7-6-14(11-16(15)24-2)26(21,22)20-10-3-5-13(12-20)25-17-18-8-4-9-19-17/h4,6-9,11,13H,3,5,10,12H2,1-2H3. The lowest BCUT2D eigenvalue weighted by Gasteiger charge is -2.31. The van der Waals surface area contributed by atoms with Crippen molar-refractivity contribution in [1.82, 2.24) is 14.3 Å². The van der Waals surface area contributed by atoms with Crippen molar-refractivity contribution in [3.63, 3.8) is 0 Å². The van der Waals surface area contributed by atoms with Gasteiger partial charge in [0.15, 0.2) is 11.5 Å². The fourth-order valence-electron chi connectivity index (χ4n) is 2.84. The lowest BCUT2D eigenvalue weighted by molar-refractivity contribution is 0.119. The topological polar surface area (TPSA) is 90.9 Å². The van der Waals surface area contributed by atoms with Crippen molar-refractivity contribution >= 4 is 10.0 Å². The minimum Gasteiger partial charge on any atom is -0.493 e. The van der Waals surface area contributed by atoms with E-state index in [2.05, 4.69) is 9.97 Å². The van der Waals surface area contributed by atoms with Gasteiger partial charge in [-0.15, -0.1) is 0 Å². The average molecular weight is 379 g/mol. The fraction of sp³-hybridized carbons (Fsp3) is 0.412. The van der Waals surface area contributed by atoms with Crippen LogP contribution in [0.3, 0.4) is 0 Å². The Kier molecular flexibility index (Phi) is 5.58. The van der Waals surface area contributed by atoms with E-state index in [9.17, 15) is 8.42 Å². The molecule has 1 fully saturated rings. The maximum absolute atomic E-state index is 13.0. The second-order valence-electron chi connectivity index (χ2n) is 5.79. The molecule has 0 aliphatic carbocycles. The average Bonchev–Trinajstić information content (AvgIpc) is 2.68. The molecule has 0 radical (unpaired) electrons. The molecule has 140 valence electrons. The summed E-state index contributed by atoms with van der Waals surface area (Å²) in [4.78, 5) is 8.22. The van der Waals surface area contributed by atoms with Crippen LogP contribution in [0.4, 0.5) is 0 Å². The second kappa shape index (κ2) is 7.88. The first-order valence-electron chi connectivity index (χ1n) is 8.20. The van der Waals surface area contributed by atoms with Gasteiger partial charge < -0.3 is 14.2 Å². The second-order valence-corrected chi connectivity index (χ2v) is 7.73. The molecule has 1 saturated heterocycles. The SMILES string of the molecule is COc1ccc(S(=O)(=O)N2CCCC(Oc3ncccn3)C2)cc1OC. The Morgan fingerprint density at radius 3 is 2.54 bits per heavy atom. The number of nitrogens with zero attached hydrogens (tertiary/aromatic N) is 3. The van der Waals surface area contributed by atoms with Gasteiger partial charge in [-0.1, -0.05) is 0 Å². The number of hydrogen-bond donors (Lipinski definition) is 0. The van der Waals surface area contributed by atoms with Crippen LogP contribution in [0.15, 0.2) is 41.6 Å². The summed E-state index contributed by atoms with van der Waals surface area (Å²) in [5.41, 5.74) is 0. The van der Waals surface area contributed by atoms with E-state index >= 15 is 0 Å². The minimum atomic E-state index is -3.67. The number of hydrogen-bond acceptors (Lipinski definition) is 7. The summed E-state index contributed by atoms with van der Waals surface area (Å²) in [5, 5.41) is 0. The number of methoxy groups -OCH3 is 2. The number of piperidine rings is 1. The van der Waals surface area contributed by atoms with Gasteiger partial charge in [0.1, 0.15) is 6.10 Å². The van der Waals surface area contributed by atoms with Crippen molar-refractivity contribution in [1.29, 1.82) is 0 Å². The first-order valence-corrected chi connectivity index (χ1v) is 9.64. The summed E-state index contributed by atoms with van der Waals surface area (Å²) in [7, 11) is -0.693. The third kappa shape index (κ3) is 3.88. The van der Waals surface area contributed by atoms with Gasteiger partial charge in [-0.25, -0.2) is 18.4 Å². The number of benzene rings is 1. The van der Waals surface area contributed by atoms with Crippen molar-refractivity contribution in [3.8, 4) is 17.5 Å². The molecule has 9 heteroatoms. The quantitative estimate of drug-likeness (QED) is 0.755. The molecule has 0 bridgehead atoms. The van der Waals surface area contributed by atoms with Crippen LogP contribution in [0, 0.1) is 0 Å². The molecule has 26 heavy (non-hydrogen) atoms. The fourth-order valence-corrected chi connectivity index (χ4v) is 4.37. The van der Waals surface area contributed by atoms with Crippen LogP contribution in [-0.4, -0.2) is 56.1 Å². The van der Waals surface area contributed by atoms with Gasteiger partial charge >= 0.3 is 6.01 Å². The molecule has 2 aromatic rings. The summed E-state index contributed by atoms with van der Waals surface area (Å²) < 4.78 is 43.5. The van der Waals surface area contributed by atoms with E-state index in [-0.39, 0.29) is 23.6 Å². The third-order valence-corrected chi connectivity index (χ3v) is 6.01. The highest BCUT2D eigenvalue weighted by Gasteiger charge is 2.32. The summed E-state index contributed by atoms with van der Waals surface area (Å²) in [6.45, 7) is 0.682. The summed E-state index contributed by atoms with van der Waals surface area (Å²) in [6, 6.07) is 6.52. The Labute approximate surface area is 152 Å². The summed E-state index contributed by atoms with van der Waals surface area (Å²) >= 11 is 0. The van der Waals surface area contributed by atoms with Gasteiger partial charge in [-0.2, -0.15) is 4.31 Å². The summed E-state index contributed by atoms with van der Waals surface area (Å²) in [6.07, 6.45) is 4.33. The number of sulfonamides is 1. The Balaban J connectivity index is 1.78. The molecule has 1 aromatic carbocycles. The lowest BCUT2D eigenvalue weighted by atomic mass is 10.1. The van der Waals surface area contributed by atoms with Gasteiger partial charge in [0.25, 0.3) is 0 Å². The van der Waals surface area contributed by atoms with Crippen LogP contribution in [0.2, 0.25) is 0 Å². The Bertz CT molecular complexity index is 845. The molecule has 0 amide bonds. The van der Waals surface area contributed by atoms with E-state index in [1.807, 2.05) is 0 Å². The van der Waals surface area contributed by atoms with Crippen LogP contribution in [0.1, 0.15) is 12.8 Å². The van der Waals surface area contributed by atoms with E-state index in [1.165, 1.54) is 30.7 Å². The van der Waals surface area contributed by atoms with E-state index in [0.29, 0.717) is 24.5 Å². The van der Waals surface area contributed by atoms with Gasteiger partial charge in [-0.05, 0) is 31.0 Å². The largest absolute Gasteiger partial charge is 0.493 e. The van der Waals surface area contributed by atoms with Gasteiger partial charge in [0.2, 0.25) is 10.0 Å². The molecule has 1 aromatic heterocycles. The molecular formula is C17H21N3O5S. The molecule has 0 saturated carbocycles. The Hall–Kier alpha value is -2.39. The maximum atomic E-state index is 13.0. The third-order valence-electron chi connectivity index (χ3n) is 4.15. The van der Waals surface area contributed by atoms with Crippen LogP contribution in [0.5, 0.6) is 17.5 Å². The van der Waals surface area contributed by atoms with Crippen LogP contribution in [0.25, 0.3) is 0 Å². The first-order chi connectivity index (χ1) is 12.5. The number of ether oxygens (including phenoxy) is 3. The molecule has 0 N–H and O–H groups in total. The van der Waals surface area contributed by atoms with Crippen molar-refractivity contribution in [2.45, 2.75) is 23.8 Å². The Morgan fingerprint density at radius 1 is 1.12 bits per heavy atom. The van der Waals surface area contributed by atoms with Crippen molar-refractivity contribution in [2.75, 3.05) is 27.3 Å². The number of rotatable bonds is 6. The zero-order valence-corrected chi connectivity index (χ0v) is 15.5. The molecular weight excluding hydrogens is 358 g/mol. The van der Waals surface area contributed by atoms with Crippen LogP contribution in [-0.2, 0) is 10.0 Å². The minimum absolute atomic E-state index is 0.159. The lowest BCUT2D eigenvalue weighted by Crippen LogP contribution is -2.44. The van der Waals surface area contributed by atoms with Crippen molar-refractivity contribution in [2.24, 2.45) is 0 Å². The highest BCUT2D eigenvalue weighted by molar-refractivity contribution is 7.89. The summed E-state index contributed by atoms with van der Waals surface area (Å²) in [5.74, 6) is 0.851. The van der Waals surface area contributed by atoms with E-state index in [4.69, 9.17) is 14.2 Å². The highest BCUT2D eigenvalue weighted by atomic mass is 32.2. The predicted octanol–water partition coefficient (Wildman–Crippen LogP) is 1.73. The van der Waals surface area contributed by atoms with E-state index in [1.54, 1.807) is 24.5 Å². The van der Waals surface area contributed by atoms with Gasteiger partial charge in [0.05, 0.1) is 25.7 Å². The van der Waals surface area contributed by atoms with Crippen molar-refractivity contribution < 1.29 is 22.6 Å². The maximum Gasteiger partial charge on any atom is 0.316 e. The Morgan fingerprint density at radius 2 is 1.85 bits per heavy atom. The van der Waals surface area contributed by atoms with Gasteiger partial charge in [0, 0.05) is 25.0 Å². The molecule has 1 unspecified atom stereocenters. The molecule has 2 heterocycles. The number of aromatic nitrogens is 2. The molecule has 1 aliphatic rings. The van der Waals surface area contributed by atoms with Crippen LogP contribution < -0.4 is 14.2 Å². The van der Waals surface area contributed by atoms with E-state index in [0.717, 1.165) is 6.42 Å². The predicted molar refractivity (Wildman–Crippen MR) is 94.0 cm³/mol. The van der Waals surface area contributed by atoms with Crippen LogP contribution >= 0.6 is 0 Å².